The van der Waals surface area contributed by atoms with Crippen LogP contribution < -0.4 is 15.8 Å². The maximum atomic E-state index is 12.6. The molecule has 1 heterocycles. The van der Waals surface area contributed by atoms with Crippen LogP contribution in [0, 0.1) is 5.92 Å². The molecule has 1 amide bonds. The number of ether oxygens (including phenoxy) is 1. The highest BCUT2D eigenvalue weighted by Gasteiger charge is 2.30. The molecule has 4 aromatic rings. The number of aldehydes is 1. The Kier molecular flexibility index (Phi) is 10.8. The second kappa shape index (κ2) is 14.9. The number of hydrogen-bond acceptors (Lipinski definition) is 8. The first kappa shape index (κ1) is 31.8. The fraction of sp³-hybridized carbons (Fsp3) is 0.265. The van der Waals surface area contributed by atoms with Crippen LogP contribution in [0.5, 0.6) is 5.75 Å². The van der Waals surface area contributed by atoms with E-state index in [1.807, 2.05) is 92.7 Å². The first-order chi connectivity index (χ1) is 21.1. The summed E-state index contributed by atoms with van der Waals surface area (Å²) in [7, 11) is 0. The molecule has 5 rings (SSSR count). The summed E-state index contributed by atoms with van der Waals surface area (Å²) in [6.07, 6.45) is 0.224. The summed E-state index contributed by atoms with van der Waals surface area (Å²) in [6.45, 7) is 3.77. The normalized spacial score (nSPS) is 15.4. The Labute approximate surface area is 254 Å². The Morgan fingerprint density at radius 2 is 1.59 bits per heavy atom. The fourth-order valence-electron chi connectivity index (χ4n) is 4.68. The van der Waals surface area contributed by atoms with Crippen molar-refractivity contribution >= 4 is 51.2 Å². The number of hydrogen-bond donors (Lipinski definition) is 3. The summed E-state index contributed by atoms with van der Waals surface area (Å²) in [4.78, 5) is 50.6. The van der Waals surface area contributed by atoms with E-state index >= 15 is 0 Å². The molecule has 0 saturated heterocycles. The van der Waals surface area contributed by atoms with Gasteiger partial charge in [0.15, 0.2) is 18.2 Å². The van der Waals surface area contributed by atoms with Gasteiger partial charge in [0.25, 0.3) is 5.91 Å². The number of ketones is 1. The van der Waals surface area contributed by atoms with E-state index in [1.165, 1.54) is 0 Å². The Hall–Kier alpha value is -5.09. The lowest BCUT2D eigenvalue weighted by Crippen LogP contribution is -2.44. The number of rotatable bonds is 11. The Morgan fingerprint density at radius 3 is 2.18 bits per heavy atom. The van der Waals surface area contributed by atoms with Crippen molar-refractivity contribution in [3.05, 3.63) is 90.5 Å². The number of carboxylic acids is 1. The van der Waals surface area contributed by atoms with Gasteiger partial charge in [0.2, 0.25) is 0 Å². The zero-order valence-electron chi connectivity index (χ0n) is 24.5. The van der Waals surface area contributed by atoms with Gasteiger partial charge in [0.05, 0.1) is 24.2 Å². The number of carboxylic acid groups (broad SMARTS) is 1. The molecular weight excluding hydrogens is 562 g/mol. The zero-order valence-corrected chi connectivity index (χ0v) is 24.5. The lowest BCUT2D eigenvalue weighted by molar-refractivity contribution is -0.139. The van der Waals surface area contributed by atoms with Crippen molar-refractivity contribution in [2.75, 3.05) is 6.61 Å². The first-order valence-corrected chi connectivity index (χ1v) is 14.2. The van der Waals surface area contributed by atoms with Crippen molar-refractivity contribution < 1.29 is 33.9 Å². The van der Waals surface area contributed by atoms with Gasteiger partial charge in [-0.2, -0.15) is 0 Å². The molecular formula is C34H35N3O7. The summed E-state index contributed by atoms with van der Waals surface area (Å²) < 4.78 is 5.36. The van der Waals surface area contributed by atoms with Gasteiger partial charge < -0.3 is 25.7 Å². The zero-order chi connectivity index (χ0) is 31.6. The molecule has 0 fully saturated rings. The Morgan fingerprint density at radius 1 is 0.977 bits per heavy atom. The number of Topliss-reactive ketones (excluding diaryl/α,β-unsaturated/α-hetero) is 1. The molecule has 0 spiro atoms. The smallest absolute Gasteiger partial charge is 0.305 e. The number of nitrogens with zero attached hydrogens (tertiary/aromatic N) is 1. The van der Waals surface area contributed by atoms with Crippen LogP contribution in [-0.4, -0.2) is 59.6 Å². The highest BCUT2D eigenvalue weighted by atomic mass is 16.6. The summed E-state index contributed by atoms with van der Waals surface area (Å²) in [5.74, 6) is -0.990. The molecule has 0 aromatic heterocycles. The summed E-state index contributed by atoms with van der Waals surface area (Å²) in [5, 5.41) is 19.8. The van der Waals surface area contributed by atoms with Gasteiger partial charge >= 0.3 is 5.97 Å². The largest absolute Gasteiger partial charge is 0.486 e. The standard InChI is InChI=1S/C19H20N2O3.C15H15NO4/c1-12(2)18(17-10-16(11-22)24-21-17)20-19(23)15-8-7-13-5-3-4-6-14(13)9-15;16-13(8-15(18)19)14(17)9-20-12-6-5-10-3-1-2-4-11(10)7-12/h3-9,11-12,16,18H,10H2,1-2H3,(H,20,23);1-7,13H,8-9,16H2,(H,18,19)/t16?,18-;13-/m00/s1. The maximum Gasteiger partial charge on any atom is 0.305 e. The molecule has 44 heavy (non-hydrogen) atoms. The molecule has 0 aliphatic carbocycles. The third kappa shape index (κ3) is 8.48. The van der Waals surface area contributed by atoms with Crippen LogP contribution in [-0.2, 0) is 19.2 Å². The predicted octanol–water partition coefficient (Wildman–Crippen LogP) is 4.53. The quantitative estimate of drug-likeness (QED) is 0.213. The van der Waals surface area contributed by atoms with Gasteiger partial charge in [-0.3, -0.25) is 19.2 Å². The van der Waals surface area contributed by atoms with Gasteiger partial charge in [-0.1, -0.05) is 79.7 Å². The van der Waals surface area contributed by atoms with Gasteiger partial charge in [-0.25, -0.2) is 0 Å². The molecule has 1 aliphatic rings. The van der Waals surface area contributed by atoms with Gasteiger partial charge in [0, 0.05) is 12.0 Å². The van der Waals surface area contributed by atoms with E-state index in [4.69, 9.17) is 20.4 Å². The number of nitrogens with two attached hydrogens (primary N) is 1. The molecule has 10 heteroatoms. The van der Waals surface area contributed by atoms with Crippen molar-refractivity contribution in [1.29, 1.82) is 0 Å². The summed E-state index contributed by atoms with van der Waals surface area (Å²) in [6, 6.07) is 25.5. The molecule has 0 bridgehead atoms. The topological polar surface area (TPSA) is 157 Å². The van der Waals surface area contributed by atoms with Crippen molar-refractivity contribution in [1.82, 2.24) is 5.32 Å². The number of nitrogens with one attached hydrogen (secondary N) is 1. The minimum atomic E-state index is -1.10. The van der Waals surface area contributed by atoms with Crippen molar-refractivity contribution in [3.8, 4) is 5.75 Å². The third-order valence-corrected chi connectivity index (χ3v) is 7.10. The van der Waals surface area contributed by atoms with Crippen LogP contribution in [0.2, 0.25) is 0 Å². The highest BCUT2D eigenvalue weighted by molar-refractivity contribution is 6.02. The minimum absolute atomic E-state index is 0.141. The predicted molar refractivity (Wildman–Crippen MR) is 168 cm³/mol. The number of benzene rings is 4. The number of carbonyl (C=O) groups excluding carboxylic acids is 3. The van der Waals surface area contributed by atoms with Crippen molar-refractivity contribution in [3.63, 3.8) is 0 Å². The minimum Gasteiger partial charge on any atom is -0.486 e. The number of carbonyl (C=O) groups is 4. The molecule has 228 valence electrons. The maximum absolute atomic E-state index is 12.6. The number of amides is 1. The average Bonchev–Trinajstić information content (AvgIpc) is 3.51. The lowest BCUT2D eigenvalue weighted by atomic mass is 9.95. The van der Waals surface area contributed by atoms with E-state index < -0.39 is 23.9 Å². The van der Waals surface area contributed by atoms with Crippen LogP contribution in [0.3, 0.4) is 0 Å². The highest BCUT2D eigenvalue weighted by Crippen LogP contribution is 2.21. The van der Waals surface area contributed by atoms with Gasteiger partial charge in [0.1, 0.15) is 12.4 Å². The second-order valence-electron chi connectivity index (χ2n) is 10.8. The van der Waals surface area contributed by atoms with Gasteiger partial charge in [-0.15, -0.1) is 0 Å². The summed E-state index contributed by atoms with van der Waals surface area (Å²) in [5.41, 5.74) is 6.77. The van der Waals surface area contributed by atoms with E-state index in [9.17, 15) is 19.2 Å². The van der Waals surface area contributed by atoms with E-state index in [0.717, 1.165) is 27.8 Å². The lowest BCUT2D eigenvalue weighted by Gasteiger charge is -2.21. The molecule has 0 saturated carbocycles. The molecule has 1 aliphatic heterocycles. The summed E-state index contributed by atoms with van der Waals surface area (Å²) >= 11 is 0. The molecule has 10 nitrogen and oxygen atoms in total. The van der Waals surface area contributed by atoms with E-state index in [-0.39, 0.29) is 30.9 Å². The molecule has 1 unspecified atom stereocenters. The van der Waals surface area contributed by atoms with E-state index in [0.29, 0.717) is 23.4 Å². The van der Waals surface area contributed by atoms with Crippen molar-refractivity contribution in [2.45, 2.75) is 44.9 Å². The number of aliphatic carboxylic acids is 1. The Bertz CT molecular complexity index is 1680. The van der Waals surface area contributed by atoms with Crippen LogP contribution >= 0.6 is 0 Å². The second-order valence-corrected chi connectivity index (χ2v) is 10.8. The first-order valence-electron chi connectivity index (χ1n) is 14.2. The fourth-order valence-corrected chi connectivity index (χ4v) is 4.68. The SMILES string of the molecule is CC(C)[C@H](NC(=O)c1ccc2ccccc2c1)C1=NOC(C=O)C1.N[C@@H](CC(=O)O)C(=O)COc1ccc2ccccc2c1. The number of fused-ring (bicyclic) bond motifs is 2. The molecule has 0 radical (unpaired) electrons. The van der Waals surface area contributed by atoms with Crippen LogP contribution in [0.1, 0.15) is 37.0 Å². The molecule has 3 atom stereocenters. The monoisotopic (exact) mass is 597 g/mol. The average molecular weight is 598 g/mol. The van der Waals surface area contributed by atoms with Crippen LogP contribution in [0.25, 0.3) is 21.5 Å². The molecule has 4 N–H and O–H groups in total. The third-order valence-electron chi connectivity index (χ3n) is 7.10. The molecule has 4 aromatic carbocycles. The van der Waals surface area contributed by atoms with Crippen LogP contribution in [0.4, 0.5) is 0 Å². The number of oxime groups is 1. The Balaban J connectivity index is 0.000000204. The van der Waals surface area contributed by atoms with E-state index in [2.05, 4.69) is 10.5 Å². The van der Waals surface area contributed by atoms with Crippen molar-refractivity contribution in [2.24, 2.45) is 16.8 Å². The van der Waals surface area contributed by atoms with Gasteiger partial charge in [-0.05, 0) is 51.7 Å². The van der Waals surface area contributed by atoms with Crippen LogP contribution in [0.15, 0.2) is 90.1 Å². The van der Waals surface area contributed by atoms with E-state index in [1.54, 1.807) is 6.07 Å².